The van der Waals surface area contributed by atoms with Crippen molar-refractivity contribution < 1.29 is 0 Å². The van der Waals surface area contributed by atoms with Crippen LogP contribution in [0.5, 0.6) is 0 Å². The molecular formula is C12H21N3. The first-order chi connectivity index (χ1) is 7.33. The van der Waals surface area contributed by atoms with Crippen molar-refractivity contribution in [1.82, 2.24) is 14.9 Å². The van der Waals surface area contributed by atoms with E-state index >= 15 is 0 Å². The molecule has 1 fully saturated rings. The monoisotopic (exact) mass is 207 g/mol. The molecule has 1 saturated carbocycles. The Hall–Kier alpha value is -0.830. The molecule has 1 aliphatic carbocycles. The van der Waals surface area contributed by atoms with Gasteiger partial charge in [-0.15, -0.1) is 0 Å². The number of hydrogen-bond acceptors (Lipinski definition) is 2. The largest absolute Gasteiger partial charge is 0.331 e. The van der Waals surface area contributed by atoms with Gasteiger partial charge in [-0.1, -0.05) is 19.8 Å². The lowest BCUT2D eigenvalue weighted by Crippen LogP contribution is -2.39. The maximum absolute atomic E-state index is 4.32. The van der Waals surface area contributed by atoms with E-state index in [1.807, 2.05) is 6.20 Å². The molecule has 0 aromatic carbocycles. The molecule has 2 atom stereocenters. The van der Waals surface area contributed by atoms with Crippen LogP contribution in [-0.2, 0) is 0 Å². The van der Waals surface area contributed by atoms with E-state index in [0.717, 1.165) is 12.4 Å². The molecular weight excluding hydrogens is 186 g/mol. The number of hydrogen-bond donors (Lipinski definition) is 1. The highest BCUT2D eigenvalue weighted by molar-refractivity contribution is 4.97. The second kappa shape index (κ2) is 4.79. The molecule has 84 valence electrons. The van der Waals surface area contributed by atoms with Crippen LogP contribution in [0, 0.1) is 6.92 Å². The van der Waals surface area contributed by atoms with Crippen molar-refractivity contribution in [2.24, 2.45) is 0 Å². The lowest BCUT2D eigenvalue weighted by atomic mass is 9.90. The quantitative estimate of drug-likeness (QED) is 0.824. The summed E-state index contributed by atoms with van der Waals surface area (Å²) in [5.74, 6) is 1.14. The van der Waals surface area contributed by atoms with Crippen LogP contribution in [0.1, 0.15) is 44.5 Å². The molecule has 1 N–H and O–H groups in total. The average Bonchev–Trinajstić information content (AvgIpc) is 2.66. The van der Waals surface area contributed by atoms with Gasteiger partial charge in [-0.25, -0.2) is 4.98 Å². The smallest absolute Gasteiger partial charge is 0.105 e. The van der Waals surface area contributed by atoms with E-state index in [-0.39, 0.29) is 0 Å². The summed E-state index contributed by atoms with van der Waals surface area (Å²) in [5, 5.41) is 3.60. The van der Waals surface area contributed by atoms with Crippen LogP contribution in [0.2, 0.25) is 0 Å². The number of likely N-dealkylation sites (N-methyl/N-ethyl adjacent to an activating group) is 1. The molecule has 0 saturated heterocycles. The van der Waals surface area contributed by atoms with Crippen molar-refractivity contribution in [2.75, 3.05) is 6.54 Å². The summed E-state index contributed by atoms with van der Waals surface area (Å²) in [6.45, 7) is 5.35. The third-order valence-electron chi connectivity index (χ3n) is 3.42. The SMILES string of the molecule is CCNC1CCCCC1n1ccnc1C. The Morgan fingerprint density at radius 2 is 2.27 bits per heavy atom. The van der Waals surface area contributed by atoms with Gasteiger partial charge in [0.05, 0.1) is 6.04 Å². The predicted octanol–water partition coefficient (Wildman–Crippen LogP) is 2.28. The van der Waals surface area contributed by atoms with Crippen LogP contribution in [0.15, 0.2) is 12.4 Å². The number of aromatic nitrogens is 2. The minimum atomic E-state index is 0.612. The highest BCUT2D eigenvalue weighted by Crippen LogP contribution is 2.29. The number of nitrogens with zero attached hydrogens (tertiary/aromatic N) is 2. The Kier molecular flexibility index (Phi) is 3.41. The zero-order valence-corrected chi connectivity index (χ0v) is 9.74. The van der Waals surface area contributed by atoms with Gasteiger partial charge in [-0.3, -0.25) is 0 Å². The number of rotatable bonds is 3. The van der Waals surface area contributed by atoms with Crippen molar-refractivity contribution in [3.8, 4) is 0 Å². The summed E-state index contributed by atoms with van der Waals surface area (Å²) in [7, 11) is 0. The van der Waals surface area contributed by atoms with Crippen LogP contribution >= 0.6 is 0 Å². The minimum Gasteiger partial charge on any atom is -0.331 e. The van der Waals surface area contributed by atoms with Gasteiger partial charge in [-0.2, -0.15) is 0 Å². The summed E-state index contributed by atoms with van der Waals surface area (Å²) in [6, 6.07) is 1.25. The number of nitrogens with one attached hydrogen (secondary N) is 1. The first-order valence-corrected chi connectivity index (χ1v) is 6.05. The Morgan fingerprint density at radius 3 is 2.93 bits per heavy atom. The van der Waals surface area contributed by atoms with Crippen molar-refractivity contribution in [2.45, 2.75) is 51.6 Å². The maximum atomic E-state index is 4.32. The highest BCUT2D eigenvalue weighted by atomic mass is 15.1. The van der Waals surface area contributed by atoms with Gasteiger partial charge in [0.2, 0.25) is 0 Å². The van der Waals surface area contributed by atoms with Crippen molar-refractivity contribution in [3.63, 3.8) is 0 Å². The first-order valence-electron chi connectivity index (χ1n) is 6.05. The topological polar surface area (TPSA) is 29.9 Å². The van der Waals surface area contributed by atoms with E-state index in [1.165, 1.54) is 25.7 Å². The molecule has 1 aromatic heterocycles. The van der Waals surface area contributed by atoms with E-state index in [4.69, 9.17) is 0 Å². The molecule has 0 spiro atoms. The molecule has 0 radical (unpaired) electrons. The summed E-state index contributed by atoms with van der Waals surface area (Å²) < 4.78 is 2.34. The Morgan fingerprint density at radius 1 is 1.47 bits per heavy atom. The van der Waals surface area contributed by atoms with E-state index in [0.29, 0.717) is 12.1 Å². The van der Waals surface area contributed by atoms with E-state index in [1.54, 1.807) is 0 Å². The zero-order valence-electron chi connectivity index (χ0n) is 9.74. The second-order valence-corrected chi connectivity index (χ2v) is 4.40. The molecule has 15 heavy (non-hydrogen) atoms. The van der Waals surface area contributed by atoms with Crippen molar-refractivity contribution in [1.29, 1.82) is 0 Å². The Labute approximate surface area is 91.9 Å². The fourth-order valence-electron chi connectivity index (χ4n) is 2.68. The molecule has 2 rings (SSSR count). The fourth-order valence-corrected chi connectivity index (χ4v) is 2.68. The Bertz CT molecular complexity index is 304. The van der Waals surface area contributed by atoms with Gasteiger partial charge >= 0.3 is 0 Å². The summed E-state index contributed by atoms with van der Waals surface area (Å²) >= 11 is 0. The molecule has 2 unspecified atom stereocenters. The van der Waals surface area contributed by atoms with E-state index in [2.05, 4.69) is 34.9 Å². The van der Waals surface area contributed by atoms with Crippen molar-refractivity contribution >= 4 is 0 Å². The standard InChI is InChI=1S/C12H21N3/c1-3-13-11-6-4-5-7-12(11)15-9-8-14-10(15)2/h8-9,11-13H,3-7H2,1-2H3. The maximum Gasteiger partial charge on any atom is 0.105 e. The number of aryl methyl sites for hydroxylation is 1. The second-order valence-electron chi connectivity index (χ2n) is 4.40. The van der Waals surface area contributed by atoms with Crippen LogP contribution in [0.4, 0.5) is 0 Å². The molecule has 3 heteroatoms. The van der Waals surface area contributed by atoms with Crippen LogP contribution in [0.3, 0.4) is 0 Å². The third-order valence-corrected chi connectivity index (χ3v) is 3.42. The highest BCUT2D eigenvalue weighted by Gasteiger charge is 2.26. The predicted molar refractivity (Wildman–Crippen MR) is 61.9 cm³/mol. The van der Waals surface area contributed by atoms with Gasteiger partial charge < -0.3 is 9.88 Å². The Balaban J connectivity index is 2.14. The summed E-state index contributed by atoms with van der Waals surface area (Å²) in [6.07, 6.45) is 9.33. The molecule has 1 aliphatic rings. The molecule has 0 bridgehead atoms. The molecule has 0 amide bonds. The molecule has 3 nitrogen and oxygen atoms in total. The summed E-state index contributed by atoms with van der Waals surface area (Å²) in [4.78, 5) is 4.32. The fraction of sp³-hybridized carbons (Fsp3) is 0.750. The molecule has 0 aliphatic heterocycles. The van der Waals surface area contributed by atoms with E-state index in [9.17, 15) is 0 Å². The number of imidazole rings is 1. The lowest BCUT2D eigenvalue weighted by molar-refractivity contribution is 0.263. The molecule has 1 heterocycles. The van der Waals surface area contributed by atoms with Crippen LogP contribution < -0.4 is 5.32 Å². The minimum absolute atomic E-state index is 0.612. The third kappa shape index (κ3) is 2.23. The van der Waals surface area contributed by atoms with Gasteiger partial charge in [0.1, 0.15) is 5.82 Å². The lowest BCUT2D eigenvalue weighted by Gasteiger charge is -2.33. The van der Waals surface area contributed by atoms with E-state index < -0.39 is 0 Å². The average molecular weight is 207 g/mol. The normalized spacial score (nSPS) is 26.8. The van der Waals surface area contributed by atoms with Gasteiger partial charge in [0, 0.05) is 18.4 Å². The van der Waals surface area contributed by atoms with Crippen LogP contribution in [-0.4, -0.2) is 22.1 Å². The van der Waals surface area contributed by atoms with Crippen molar-refractivity contribution in [3.05, 3.63) is 18.2 Å². The van der Waals surface area contributed by atoms with Gasteiger partial charge in [-0.05, 0) is 26.3 Å². The zero-order chi connectivity index (χ0) is 10.7. The van der Waals surface area contributed by atoms with Crippen LogP contribution in [0.25, 0.3) is 0 Å². The molecule has 1 aromatic rings. The first kappa shape index (κ1) is 10.7. The van der Waals surface area contributed by atoms with Gasteiger partial charge in [0.15, 0.2) is 0 Å². The van der Waals surface area contributed by atoms with Gasteiger partial charge in [0.25, 0.3) is 0 Å². The summed E-state index contributed by atoms with van der Waals surface area (Å²) in [5.41, 5.74) is 0.